The minimum absolute atomic E-state index is 0.188. The lowest BCUT2D eigenvalue weighted by atomic mass is 10.0. The third-order valence-corrected chi connectivity index (χ3v) is 4.57. The van der Waals surface area contributed by atoms with Gasteiger partial charge in [0.2, 0.25) is 0 Å². The van der Waals surface area contributed by atoms with Crippen molar-refractivity contribution in [3.05, 3.63) is 34.1 Å². The molecule has 0 saturated heterocycles. The van der Waals surface area contributed by atoms with E-state index in [-0.39, 0.29) is 11.5 Å². The van der Waals surface area contributed by atoms with Crippen molar-refractivity contribution in [1.82, 2.24) is 0 Å². The maximum absolute atomic E-state index is 13.8. The normalized spacial score (nSPS) is 26.2. The molecule has 18 heavy (non-hydrogen) atoms. The summed E-state index contributed by atoms with van der Waals surface area (Å²) < 4.78 is 50.3. The fourth-order valence-corrected chi connectivity index (χ4v) is 2.92. The van der Waals surface area contributed by atoms with Gasteiger partial charge in [-0.3, -0.25) is 0 Å². The summed E-state index contributed by atoms with van der Waals surface area (Å²) in [4.78, 5) is 0. The van der Waals surface area contributed by atoms with Crippen molar-refractivity contribution >= 4 is 34.8 Å². The second-order valence-electron chi connectivity index (χ2n) is 4.30. The van der Waals surface area contributed by atoms with E-state index < -0.39 is 32.8 Å². The van der Waals surface area contributed by atoms with Gasteiger partial charge >= 0.3 is 6.18 Å². The second-order valence-corrected chi connectivity index (χ2v) is 6.15. The third kappa shape index (κ3) is 2.19. The van der Waals surface area contributed by atoms with E-state index in [0.29, 0.717) is 6.07 Å². The van der Waals surface area contributed by atoms with Gasteiger partial charge < -0.3 is 0 Å². The van der Waals surface area contributed by atoms with E-state index >= 15 is 0 Å². The number of rotatable bonds is 1. The van der Waals surface area contributed by atoms with Crippen molar-refractivity contribution in [3.8, 4) is 0 Å². The van der Waals surface area contributed by atoms with Crippen LogP contribution in [0.1, 0.15) is 24.0 Å². The van der Waals surface area contributed by atoms with E-state index in [1.54, 1.807) is 6.92 Å². The topological polar surface area (TPSA) is 0 Å². The molecule has 1 aromatic rings. The highest BCUT2D eigenvalue weighted by Gasteiger charge is 2.62. The van der Waals surface area contributed by atoms with E-state index in [9.17, 15) is 17.6 Å². The van der Waals surface area contributed by atoms with Gasteiger partial charge in [0, 0.05) is 5.92 Å². The van der Waals surface area contributed by atoms with Crippen LogP contribution in [0.25, 0.3) is 0 Å². The number of hydrogen-bond acceptors (Lipinski definition) is 0. The molecule has 2 unspecified atom stereocenters. The van der Waals surface area contributed by atoms with Crippen molar-refractivity contribution in [2.75, 3.05) is 0 Å². The van der Waals surface area contributed by atoms with Gasteiger partial charge in [-0.1, -0.05) is 18.5 Å². The van der Waals surface area contributed by atoms with E-state index in [1.807, 2.05) is 0 Å². The monoisotopic (exact) mass is 320 g/mol. The van der Waals surface area contributed by atoms with Crippen LogP contribution in [0.15, 0.2) is 12.1 Å². The number of hydrogen-bond donors (Lipinski definition) is 0. The van der Waals surface area contributed by atoms with Crippen molar-refractivity contribution < 1.29 is 17.6 Å². The molecule has 7 heteroatoms. The van der Waals surface area contributed by atoms with Crippen LogP contribution in [0.2, 0.25) is 5.02 Å². The summed E-state index contributed by atoms with van der Waals surface area (Å²) in [6.07, 6.45) is -4.59. The molecule has 0 radical (unpaired) electrons. The summed E-state index contributed by atoms with van der Waals surface area (Å²) in [7, 11) is 0. The number of benzene rings is 1. The Morgan fingerprint density at radius 3 is 2.11 bits per heavy atom. The zero-order chi connectivity index (χ0) is 13.9. The lowest BCUT2D eigenvalue weighted by Crippen LogP contribution is -2.07. The molecule has 0 amide bonds. The summed E-state index contributed by atoms with van der Waals surface area (Å²) in [6.45, 7) is 1.64. The summed E-state index contributed by atoms with van der Waals surface area (Å²) in [5.74, 6) is -1.90. The van der Waals surface area contributed by atoms with Crippen molar-refractivity contribution in [2.24, 2.45) is 5.92 Å². The molecule has 100 valence electrons. The van der Waals surface area contributed by atoms with Crippen molar-refractivity contribution in [2.45, 2.75) is 23.4 Å². The molecule has 1 aliphatic carbocycles. The zero-order valence-corrected chi connectivity index (χ0v) is 11.2. The molecule has 2 rings (SSSR count). The Labute approximate surface area is 116 Å². The van der Waals surface area contributed by atoms with Gasteiger partial charge in [0.25, 0.3) is 0 Å². The largest absolute Gasteiger partial charge is 0.416 e. The molecule has 0 heterocycles. The molecule has 1 aromatic carbocycles. The molecule has 0 nitrogen and oxygen atoms in total. The highest BCUT2D eigenvalue weighted by molar-refractivity contribution is 6.51. The van der Waals surface area contributed by atoms with Gasteiger partial charge in [0.15, 0.2) is 0 Å². The average Bonchev–Trinajstić information content (AvgIpc) is 2.69. The first-order valence-electron chi connectivity index (χ1n) is 5.00. The lowest BCUT2D eigenvalue weighted by molar-refractivity contribution is -0.137. The van der Waals surface area contributed by atoms with Gasteiger partial charge in [-0.05, 0) is 23.6 Å². The first-order chi connectivity index (χ1) is 8.06. The first-order valence-corrected chi connectivity index (χ1v) is 6.14. The predicted molar refractivity (Wildman–Crippen MR) is 62.8 cm³/mol. The van der Waals surface area contributed by atoms with Crippen LogP contribution in [0.4, 0.5) is 17.6 Å². The predicted octanol–water partition coefficient (Wildman–Crippen LogP) is 5.41. The van der Waals surface area contributed by atoms with Gasteiger partial charge in [0.05, 0.1) is 10.6 Å². The second kappa shape index (κ2) is 4.15. The maximum atomic E-state index is 13.8. The van der Waals surface area contributed by atoms with Crippen LogP contribution in [0.5, 0.6) is 0 Å². The fraction of sp³-hybridized carbons (Fsp3) is 0.455. The molecule has 0 bridgehead atoms. The molecule has 0 N–H and O–H groups in total. The fourth-order valence-electron chi connectivity index (χ4n) is 1.96. The summed E-state index contributed by atoms with van der Waals surface area (Å²) in [6, 6.07) is 1.27. The summed E-state index contributed by atoms with van der Waals surface area (Å²) in [5, 5.41) is -0.581. The Hall–Kier alpha value is -0.190. The van der Waals surface area contributed by atoms with Gasteiger partial charge in [0.1, 0.15) is 10.2 Å². The molecule has 2 atom stereocenters. The first kappa shape index (κ1) is 14.2. The highest BCUT2D eigenvalue weighted by Crippen LogP contribution is 2.65. The van der Waals surface area contributed by atoms with Crippen LogP contribution < -0.4 is 0 Å². The van der Waals surface area contributed by atoms with Gasteiger partial charge in [-0.25, -0.2) is 4.39 Å². The standard InChI is InChI=1S/C11H7Cl3F4/c1-4-8(10(4,13)14)6-2-5(11(16,17)18)3-7(12)9(6)15/h2-4,8H,1H3. The zero-order valence-electron chi connectivity index (χ0n) is 8.96. The smallest absolute Gasteiger partial charge is 0.205 e. The van der Waals surface area contributed by atoms with E-state index in [0.717, 1.165) is 6.07 Å². The lowest BCUT2D eigenvalue weighted by Gasteiger charge is -2.11. The van der Waals surface area contributed by atoms with Crippen LogP contribution in [-0.4, -0.2) is 4.33 Å². The Morgan fingerprint density at radius 1 is 1.22 bits per heavy atom. The quantitative estimate of drug-likeness (QED) is 0.479. The molecule has 0 aromatic heterocycles. The minimum atomic E-state index is -4.59. The van der Waals surface area contributed by atoms with Crippen LogP contribution in [-0.2, 0) is 6.18 Å². The molecular formula is C11H7Cl3F4. The Kier molecular flexibility index (Phi) is 3.28. The molecular weight excluding hydrogens is 314 g/mol. The highest BCUT2D eigenvalue weighted by atomic mass is 35.5. The van der Waals surface area contributed by atoms with Crippen molar-refractivity contribution in [1.29, 1.82) is 0 Å². The van der Waals surface area contributed by atoms with E-state index in [1.165, 1.54) is 0 Å². The number of halogens is 7. The van der Waals surface area contributed by atoms with Gasteiger partial charge in [-0.2, -0.15) is 13.2 Å². The Bertz CT molecular complexity index is 496. The van der Waals surface area contributed by atoms with Crippen LogP contribution in [0.3, 0.4) is 0 Å². The molecule has 0 aliphatic heterocycles. The SMILES string of the molecule is CC1C(c2cc(C(F)(F)F)cc(Cl)c2F)C1(Cl)Cl. The van der Waals surface area contributed by atoms with Gasteiger partial charge in [-0.15, -0.1) is 23.2 Å². The summed E-state index contributed by atoms with van der Waals surface area (Å²) in [5.41, 5.74) is -1.19. The summed E-state index contributed by atoms with van der Waals surface area (Å²) >= 11 is 17.2. The average molecular weight is 322 g/mol. The molecule has 1 saturated carbocycles. The third-order valence-electron chi connectivity index (χ3n) is 3.13. The van der Waals surface area contributed by atoms with E-state index in [2.05, 4.69) is 0 Å². The Balaban J connectivity index is 2.52. The van der Waals surface area contributed by atoms with Crippen molar-refractivity contribution in [3.63, 3.8) is 0 Å². The van der Waals surface area contributed by atoms with E-state index in [4.69, 9.17) is 34.8 Å². The van der Waals surface area contributed by atoms with Crippen LogP contribution in [0, 0.1) is 11.7 Å². The Morgan fingerprint density at radius 2 is 1.72 bits per heavy atom. The molecule has 1 aliphatic rings. The maximum Gasteiger partial charge on any atom is 0.416 e. The minimum Gasteiger partial charge on any atom is -0.205 e. The molecule has 0 spiro atoms. The van der Waals surface area contributed by atoms with Crippen LogP contribution >= 0.6 is 34.8 Å². The molecule has 1 fully saturated rings. The number of alkyl halides is 5.